The number of ketones is 2. The minimum absolute atomic E-state index is 0.193. The second kappa shape index (κ2) is 5.08. The largest absolute Gasteiger partial charge is 0.299 e. The summed E-state index contributed by atoms with van der Waals surface area (Å²) in [5.74, 6) is 0.398. The second-order valence-corrected chi connectivity index (χ2v) is 4.00. The summed E-state index contributed by atoms with van der Waals surface area (Å²) < 4.78 is 0. The molecular formula is C12H18O2. The van der Waals surface area contributed by atoms with Crippen molar-refractivity contribution < 1.29 is 9.59 Å². The second-order valence-electron chi connectivity index (χ2n) is 4.00. The molecule has 0 saturated heterocycles. The molecule has 0 bridgehead atoms. The van der Waals surface area contributed by atoms with Crippen molar-refractivity contribution in [2.45, 2.75) is 52.4 Å². The van der Waals surface area contributed by atoms with Gasteiger partial charge in [-0.3, -0.25) is 9.59 Å². The van der Waals surface area contributed by atoms with E-state index in [2.05, 4.69) is 0 Å². The summed E-state index contributed by atoms with van der Waals surface area (Å²) in [4.78, 5) is 23.0. The van der Waals surface area contributed by atoms with Gasteiger partial charge in [0, 0.05) is 24.8 Å². The molecule has 0 heterocycles. The maximum atomic E-state index is 11.5. The fraction of sp³-hybridized carbons (Fsp3) is 0.667. The van der Waals surface area contributed by atoms with Crippen molar-refractivity contribution in [3.05, 3.63) is 11.1 Å². The Morgan fingerprint density at radius 1 is 1.36 bits per heavy atom. The Morgan fingerprint density at radius 3 is 2.64 bits per heavy atom. The average molecular weight is 194 g/mol. The Hall–Kier alpha value is -0.920. The molecule has 78 valence electrons. The van der Waals surface area contributed by atoms with Gasteiger partial charge in [0.1, 0.15) is 5.78 Å². The summed E-state index contributed by atoms with van der Waals surface area (Å²) >= 11 is 0. The van der Waals surface area contributed by atoms with E-state index in [1.165, 1.54) is 0 Å². The molecule has 0 aromatic heterocycles. The zero-order chi connectivity index (χ0) is 10.6. The van der Waals surface area contributed by atoms with Gasteiger partial charge in [0.15, 0.2) is 5.78 Å². The van der Waals surface area contributed by atoms with Crippen molar-refractivity contribution in [1.82, 2.24) is 0 Å². The van der Waals surface area contributed by atoms with Crippen LogP contribution in [-0.2, 0) is 9.59 Å². The maximum absolute atomic E-state index is 11.5. The summed E-state index contributed by atoms with van der Waals surface area (Å²) in [6.45, 7) is 3.97. The molecule has 0 unspecified atom stereocenters. The predicted molar refractivity (Wildman–Crippen MR) is 56.1 cm³/mol. The van der Waals surface area contributed by atoms with E-state index in [4.69, 9.17) is 0 Å². The molecule has 2 nitrogen and oxygen atoms in total. The van der Waals surface area contributed by atoms with Gasteiger partial charge < -0.3 is 0 Å². The van der Waals surface area contributed by atoms with Crippen LogP contribution in [0.1, 0.15) is 52.4 Å². The van der Waals surface area contributed by atoms with Crippen LogP contribution in [0.2, 0.25) is 0 Å². The number of carbonyl (C=O) groups excluding carboxylic acids is 2. The lowest BCUT2D eigenvalue weighted by Gasteiger charge is -2.15. The number of hydrogen-bond donors (Lipinski definition) is 0. The third-order valence-electron chi connectivity index (χ3n) is 2.71. The van der Waals surface area contributed by atoms with E-state index in [1.54, 1.807) is 0 Å². The van der Waals surface area contributed by atoms with Gasteiger partial charge in [0.05, 0.1) is 0 Å². The molecule has 0 N–H and O–H groups in total. The Balaban J connectivity index is 2.65. The molecule has 0 fully saturated rings. The van der Waals surface area contributed by atoms with Gasteiger partial charge in [-0.25, -0.2) is 0 Å². The van der Waals surface area contributed by atoms with Crippen molar-refractivity contribution in [2.24, 2.45) is 0 Å². The van der Waals surface area contributed by atoms with Gasteiger partial charge in [0.2, 0.25) is 0 Å². The molecule has 0 amide bonds. The first-order valence-corrected chi connectivity index (χ1v) is 5.38. The van der Waals surface area contributed by atoms with Gasteiger partial charge in [-0.2, -0.15) is 0 Å². The monoisotopic (exact) mass is 194 g/mol. The lowest BCUT2D eigenvalue weighted by Crippen LogP contribution is -2.14. The minimum atomic E-state index is 0.193. The van der Waals surface area contributed by atoms with Gasteiger partial charge in [0.25, 0.3) is 0 Å². The zero-order valence-corrected chi connectivity index (χ0v) is 9.06. The van der Waals surface area contributed by atoms with E-state index in [-0.39, 0.29) is 11.6 Å². The van der Waals surface area contributed by atoms with Crippen LogP contribution in [0.3, 0.4) is 0 Å². The summed E-state index contributed by atoms with van der Waals surface area (Å²) in [5.41, 5.74) is 1.93. The van der Waals surface area contributed by atoms with Crippen molar-refractivity contribution in [3.63, 3.8) is 0 Å². The SMILES string of the molecule is CCCC(=O)CC1=C(C)CCCC1=O. The lowest BCUT2D eigenvalue weighted by atomic mass is 9.88. The van der Waals surface area contributed by atoms with Gasteiger partial charge in [-0.15, -0.1) is 0 Å². The minimum Gasteiger partial charge on any atom is -0.299 e. The molecule has 0 spiro atoms. The fourth-order valence-corrected chi connectivity index (χ4v) is 1.87. The summed E-state index contributed by atoms with van der Waals surface area (Å²) in [6, 6.07) is 0. The molecule has 1 aliphatic rings. The Morgan fingerprint density at radius 2 is 2.07 bits per heavy atom. The number of allylic oxidation sites excluding steroid dienone is 2. The Kier molecular flexibility index (Phi) is 4.05. The molecule has 0 aliphatic heterocycles. The van der Waals surface area contributed by atoms with Crippen molar-refractivity contribution in [2.75, 3.05) is 0 Å². The molecule has 0 aromatic carbocycles. The molecular weight excluding hydrogens is 176 g/mol. The van der Waals surface area contributed by atoms with Crippen LogP contribution in [-0.4, -0.2) is 11.6 Å². The van der Waals surface area contributed by atoms with Crippen LogP contribution < -0.4 is 0 Å². The van der Waals surface area contributed by atoms with Crippen LogP contribution in [0.4, 0.5) is 0 Å². The molecule has 1 rings (SSSR count). The maximum Gasteiger partial charge on any atom is 0.159 e. The van der Waals surface area contributed by atoms with Gasteiger partial charge in [-0.1, -0.05) is 12.5 Å². The van der Waals surface area contributed by atoms with E-state index in [0.717, 1.165) is 30.4 Å². The van der Waals surface area contributed by atoms with Crippen molar-refractivity contribution >= 4 is 11.6 Å². The average Bonchev–Trinajstić information content (AvgIpc) is 2.12. The standard InChI is InChI=1S/C12H18O2/c1-3-5-10(13)8-11-9(2)6-4-7-12(11)14/h3-8H2,1-2H3. The van der Waals surface area contributed by atoms with E-state index in [1.807, 2.05) is 13.8 Å². The smallest absolute Gasteiger partial charge is 0.159 e. The molecule has 0 aromatic rings. The highest BCUT2D eigenvalue weighted by molar-refractivity contribution is 6.01. The zero-order valence-electron chi connectivity index (χ0n) is 9.06. The molecule has 0 radical (unpaired) electrons. The van der Waals surface area contributed by atoms with Crippen LogP contribution >= 0.6 is 0 Å². The van der Waals surface area contributed by atoms with E-state index in [0.29, 0.717) is 19.3 Å². The Bertz CT molecular complexity index is 274. The first-order valence-electron chi connectivity index (χ1n) is 5.38. The number of Topliss-reactive ketones (excluding diaryl/α,β-unsaturated/α-hetero) is 2. The highest BCUT2D eigenvalue weighted by atomic mass is 16.1. The molecule has 0 atom stereocenters. The molecule has 1 aliphatic carbocycles. The van der Waals surface area contributed by atoms with Crippen LogP contribution in [0.5, 0.6) is 0 Å². The summed E-state index contributed by atoms with van der Waals surface area (Å²) in [5, 5.41) is 0. The van der Waals surface area contributed by atoms with E-state index in [9.17, 15) is 9.59 Å². The van der Waals surface area contributed by atoms with E-state index < -0.39 is 0 Å². The number of rotatable bonds is 4. The van der Waals surface area contributed by atoms with Crippen LogP contribution in [0, 0.1) is 0 Å². The fourth-order valence-electron chi connectivity index (χ4n) is 1.87. The van der Waals surface area contributed by atoms with Crippen molar-refractivity contribution in [1.29, 1.82) is 0 Å². The summed E-state index contributed by atoms with van der Waals surface area (Å²) in [7, 11) is 0. The molecule has 2 heteroatoms. The highest BCUT2D eigenvalue weighted by Crippen LogP contribution is 2.24. The third kappa shape index (κ3) is 2.79. The highest BCUT2D eigenvalue weighted by Gasteiger charge is 2.19. The Labute approximate surface area is 85.4 Å². The lowest BCUT2D eigenvalue weighted by molar-refractivity contribution is -0.121. The normalized spacial score (nSPS) is 17.4. The molecule has 0 saturated carbocycles. The quantitative estimate of drug-likeness (QED) is 0.689. The third-order valence-corrected chi connectivity index (χ3v) is 2.71. The topological polar surface area (TPSA) is 34.1 Å². The van der Waals surface area contributed by atoms with Crippen LogP contribution in [0.15, 0.2) is 11.1 Å². The number of carbonyl (C=O) groups is 2. The first-order chi connectivity index (χ1) is 6.65. The van der Waals surface area contributed by atoms with E-state index >= 15 is 0 Å². The number of hydrogen-bond acceptors (Lipinski definition) is 2. The summed E-state index contributed by atoms with van der Waals surface area (Å²) in [6.07, 6.45) is 4.42. The van der Waals surface area contributed by atoms with Gasteiger partial charge >= 0.3 is 0 Å². The first kappa shape index (κ1) is 11.2. The van der Waals surface area contributed by atoms with Crippen molar-refractivity contribution in [3.8, 4) is 0 Å². The predicted octanol–water partition coefficient (Wildman–Crippen LogP) is 2.82. The molecule has 14 heavy (non-hydrogen) atoms. The van der Waals surface area contributed by atoms with Crippen LogP contribution in [0.25, 0.3) is 0 Å². The van der Waals surface area contributed by atoms with Gasteiger partial charge in [-0.05, 0) is 26.2 Å².